The zero-order valence-corrected chi connectivity index (χ0v) is 9.21. The second kappa shape index (κ2) is 4.47. The van der Waals surface area contributed by atoms with Crippen molar-refractivity contribution in [3.05, 3.63) is 18.5 Å². The highest BCUT2D eigenvalue weighted by molar-refractivity contribution is 5.71. The van der Waals surface area contributed by atoms with E-state index < -0.39 is 5.97 Å². The molecule has 0 aliphatic carbocycles. The Morgan fingerprint density at radius 1 is 1.44 bits per heavy atom. The van der Waals surface area contributed by atoms with Crippen molar-refractivity contribution in [1.29, 1.82) is 0 Å². The molecule has 5 heteroatoms. The van der Waals surface area contributed by atoms with E-state index in [1.165, 1.54) is 0 Å². The molecule has 0 radical (unpaired) electrons. The fourth-order valence-corrected chi connectivity index (χ4v) is 2.15. The maximum atomic E-state index is 11.0. The molecule has 2 unspecified atom stereocenters. The molecule has 86 valence electrons. The predicted octanol–water partition coefficient (Wildman–Crippen LogP) is 1.02. The molecule has 16 heavy (non-hydrogen) atoms. The van der Waals surface area contributed by atoms with Crippen LogP contribution in [0.3, 0.4) is 0 Å². The lowest BCUT2D eigenvalue weighted by molar-refractivity contribution is -0.142. The van der Waals surface area contributed by atoms with E-state index in [1.54, 1.807) is 18.5 Å². The van der Waals surface area contributed by atoms with Crippen molar-refractivity contribution in [1.82, 2.24) is 9.97 Å². The molecule has 5 nitrogen and oxygen atoms in total. The number of nitrogens with zero attached hydrogens (tertiary/aromatic N) is 3. The van der Waals surface area contributed by atoms with Gasteiger partial charge < -0.3 is 10.0 Å². The molecule has 0 aromatic carbocycles. The molecule has 2 rings (SSSR count). The number of aliphatic carboxylic acids is 1. The lowest BCUT2D eigenvalue weighted by Crippen LogP contribution is -2.43. The number of rotatable bonds is 2. The third-order valence-corrected chi connectivity index (χ3v) is 2.84. The summed E-state index contributed by atoms with van der Waals surface area (Å²) < 4.78 is 0. The van der Waals surface area contributed by atoms with Gasteiger partial charge in [-0.15, -0.1) is 0 Å². The molecule has 2 atom stereocenters. The third-order valence-electron chi connectivity index (χ3n) is 2.84. The van der Waals surface area contributed by atoms with Crippen LogP contribution in [0.4, 0.5) is 5.95 Å². The van der Waals surface area contributed by atoms with Crippen LogP contribution in [0.1, 0.15) is 13.3 Å². The summed E-state index contributed by atoms with van der Waals surface area (Å²) in [6.45, 7) is 3.39. The second-order valence-corrected chi connectivity index (χ2v) is 4.33. The van der Waals surface area contributed by atoms with Crippen LogP contribution in [0.25, 0.3) is 0 Å². The van der Waals surface area contributed by atoms with Crippen LogP contribution in [0.2, 0.25) is 0 Å². The van der Waals surface area contributed by atoms with Crippen molar-refractivity contribution in [3.8, 4) is 0 Å². The van der Waals surface area contributed by atoms with Gasteiger partial charge in [-0.1, -0.05) is 6.92 Å². The molecule has 0 spiro atoms. The number of anilines is 1. The van der Waals surface area contributed by atoms with Crippen molar-refractivity contribution in [3.63, 3.8) is 0 Å². The number of hydrogen-bond donors (Lipinski definition) is 1. The molecular weight excluding hydrogens is 206 g/mol. The third kappa shape index (κ3) is 2.29. The zero-order valence-electron chi connectivity index (χ0n) is 9.21. The highest BCUT2D eigenvalue weighted by atomic mass is 16.4. The van der Waals surface area contributed by atoms with Crippen LogP contribution >= 0.6 is 0 Å². The molecule has 1 aromatic heterocycles. The standard InChI is InChI=1S/C11H15N3O2/c1-8-5-9(10(15)16)7-14(6-8)11-12-3-2-4-13-11/h2-4,8-9H,5-7H2,1H3,(H,15,16). The lowest BCUT2D eigenvalue weighted by atomic mass is 9.91. The SMILES string of the molecule is CC1CC(C(=O)O)CN(c2ncccn2)C1. The van der Waals surface area contributed by atoms with Crippen LogP contribution in [0.5, 0.6) is 0 Å². The first-order valence-electron chi connectivity index (χ1n) is 5.41. The van der Waals surface area contributed by atoms with E-state index in [0.717, 1.165) is 13.0 Å². The molecule has 1 aromatic rings. The first-order chi connectivity index (χ1) is 7.66. The maximum absolute atomic E-state index is 11.0. The van der Waals surface area contributed by atoms with Crippen LogP contribution in [0.15, 0.2) is 18.5 Å². The highest BCUT2D eigenvalue weighted by Crippen LogP contribution is 2.24. The molecule has 1 aliphatic rings. The molecule has 0 saturated carbocycles. The summed E-state index contributed by atoms with van der Waals surface area (Å²) in [7, 11) is 0. The van der Waals surface area contributed by atoms with E-state index in [0.29, 0.717) is 18.4 Å². The van der Waals surface area contributed by atoms with E-state index in [1.807, 2.05) is 4.90 Å². The lowest BCUT2D eigenvalue weighted by Gasteiger charge is -2.34. The first kappa shape index (κ1) is 10.9. The Kier molecular flexibility index (Phi) is 3.03. The summed E-state index contributed by atoms with van der Waals surface area (Å²) in [5, 5.41) is 9.05. The minimum absolute atomic E-state index is 0.312. The summed E-state index contributed by atoms with van der Waals surface area (Å²) in [6.07, 6.45) is 4.09. The van der Waals surface area contributed by atoms with Crippen molar-refractivity contribution in [2.75, 3.05) is 18.0 Å². The second-order valence-electron chi connectivity index (χ2n) is 4.33. The molecule has 0 amide bonds. The highest BCUT2D eigenvalue weighted by Gasteiger charge is 2.30. The monoisotopic (exact) mass is 221 g/mol. The number of hydrogen-bond acceptors (Lipinski definition) is 4. The Labute approximate surface area is 94.1 Å². The number of carboxylic acids is 1. The molecule has 2 heterocycles. The van der Waals surface area contributed by atoms with Gasteiger partial charge >= 0.3 is 5.97 Å². The van der Waals surface area contributed by atoms with Crippen molar-refractivity contribution in [2.24, 2.45) is 11.8 Å². The molecular formula is C11H15N3O2. The van der Waals surface area contributed by atoms with Gasteiger partial charge in [-0.25, -0.2) is 9.97 Å². The molecule has 1 fully saturated rings. The molecule has 0 bridgehead atoms. The maximum Gasteiger partial charge on any atom is 0.308 e. The fourth-order valence-electron chi connectivity index (χ4n) is 2.15. The Morgan fingerprint density at radius 2 is 2.12 bits per heavy atom. The average molecular weight is 221 g/mol. The van der Waals surface area contributed by atoms with Gasteiger partial charge in [0.15, 0.2) is 0 Å². The topological polar surface area (TPSA) is 66.3 Å². The van der Waals surface area contributed by atoms with Gasteiger partial charge in [-0.05, 0) is 18.4 Å². The van der Waals surface area contributed by atoms with E-state index in [-0.39, 0.29) is 5.92 Å². The fraction of sp³-hybridized carbons (Fsp3) is 0.545. The van der Waals surface area contributed by atoms with Gasteiger partial charge in [-0.2, -0.15) is 0 Å². The van der Waals surface area contributed by atoms with E-state index in [4.69, 9.17) is 5.11 Å². The van der Waals surface area contributed by atoms with Gasteiger partial charge in [0.2, 0.25) is 5.95 Å². The van der Waals surface area contributed by atoms with E-state index >= 15 is 0 Å². The first-order valence-corrected chi connectivity index (χ1v) is 5.41. The number of piperidine rings is 1. The number of carboxylic acid groups (broad SMARTS) is 1. The minimum atomic E-state index is -0.729. The summed E-state index contributed by atoms with van der Waals surface area (Å²) in [5.74, 6) is -0.0565. The van der Waals surface area contributed by atoms with Crippen molar-refractivity contribution >= 4 is 11.9 Å². The normalized spacial score (nSPS) is 25.4. The van der Waals surface area contributed by atoms with E-state index in [9.17, 15) is 4.79 Å². The Bertz CT molecular complexity index is 369. The summed E-state index contributed by atoms with van der Waals surface area (Å²) in [4.78, 5) is 21.3. The Morgan fingerprint density at radius 3 is 2.75 bits per heavy atom. The van der Waals surface area contributed by atoms with Gasteiger partial charge in [0.1, 0.15) is 0 Å². The molecule has 1 N–H and O–H groups in total. The van der Waals surface area contributed by atoms with Crippen LogP contribution < -0.4 is 4.90 Å². The predicted molar refractivity (Wildman–Crippen MR) is 59.2 cm³/mol. The molecule has 1 aliphatic heterocycles. The van der Waals surface area contributed by atoms with Crippen molar-refractivity contribution < 1.29 is 9.90 Å². The quantitative estimate of drug-likeness (QED) is 0.807. The largest absolute Gasteiger partial charge is 0.481 e. The van der Waals surface area contributed by atoms with Gasteiger partial charge in [-0.3, -0.25) is 4.79 Å². The average Bonchev–Trinajstić information content (AvgIpc) is 2.29. The van der Waals surface area contributed by atoms with Crippen LogP contribution in [-0.4, -0.2) is 34.1 Å². The smallest absolute Gasteiger partial charge is 0.308 e. The molecule has 1 saturated heterocycles. The van der Waals surface area contributed by atoms with E-state index in [2.05, 4.69) is 16.9 Å². The van der Waals surface area contributed by atoms with Gasteiger partial charge in [0, 0.05) is 25.5 Å². The minimum Gasteiger partial charge on any atom is -0.481 e. The number of carbonyl (C=O) groups is 1. The summed E-state index contributed by atoms with van der Waals surface area (Å²) >= 11 is 0. The van der Waals surface area contributed by atoms with Crippen LogP contribution in [-0.2, 0) is 4.79 Å². The zero-order chi connectivity index (χ0) is 11.5. The Balaban J connectivity index is 2.14. The van der Waals surface area contributed by atoms with Gasteiger partial charge in [0.25, 0.3) is 0 Å². The van der Waals surface area contributed by atoms with Crippen LogP contribution in [0, 0.1) is 11.8 Å². The Hall–Kier alpha value is -1.65. The van der Waals surface area contributed by atoms with Crippen molar-refractivity contribution in [2.45, 2.75) is 13.3 Å². The number of aromatic nitrogens is 2. The van der Waals surface area contributed by atoms with Gasteiger partial charge in [0.05, 0.1) is 5.92 Å². The summed E-state index contributed by atoms with van der Waals surface area (Å²) in [6, 6.07) is 1.76. The summed E-state index contributed by atoms with van der Waals surface area (Å²) in [5.41, 5.74) is 0.